The molecule has 29 heavy (non-hydrogen) atoms. The number of hydrogen-bond acceptors (Lipinski definition) is 3. The zero-order valence-electron chi connectivity index (χ0n) is 18.2. The number of hydrogen-bond donors (Lipinski definition) is 3. The van der Waals surface area contributed by atoms with E-state index in [9.17, 15) is 14.7 Å². The fraction of sp³-hybridized carbons (Fsp3) is 0.417. The second kappa shape index (κ2) is 8.78. The van der Waals surface area contributed by atoms with Gasteiger partial charge in [-0.3, -0.25) is 9.59 Å². The van der Waals surface area contributed by atoms with Crippen LogP contribution in [0.15, 0.2) is 48.5 Å². The van der Waals surface area contributed by atoms with Gasteiger partial charge in [-0.05, 0) is 39.7 Å². The molecule has 0 aliphatic heterocycles. The first-order chi connectivity index (χ1) is 13.4. The topological polar surface area (TPSA) is 78.4 Å². The van der Waals surface area contributed by atoms with Crippen LogP contribution >= 0.6 is 0 Å². The molecule has 2 aromatic rings. The van der Waals surface area contributed by atoms with Crippen LogP contribution in [-0.4, -0.2) is 23.5 Å². The second-order valence-electron chi connectivity index (χ2n) is 9.38. The van der Waals surface area contributed by atoms with Crippen LogP contribution in [0.4, 0.5) is 5.69 Å². The molecule has 0 fully saturated rings. The minimum absolute atomic E-state index is 0.0150. The predicted octanol–water partition coefficient (Wildman–Crippen LogP) is 4.07. The van der Waals surface area contributed by atoms with Crippen molar-refractivity contribution in [3.8, 4) is 0 Å². The number of rotatable bonds is 4. The number of anilines is 1. The van der Waals surface area contributed by atoms with Gasteiger partial charge < -0.3 is 15.7 Å². The third-order valence-electron chi connectivity index (χ3n) is 4.83. The third kappa shape index (κ3) is 6.43. The maximum Gasteiger partial charge on any atom is 0.313 e. The van der Waals surface area contributed by atoms with Crippen molar-refractivity contribution < 1.29 is 14.7 Å². The third-order valence-corrected chi connectivity index (χ3v) is 4.83. The molecule has 0 saturated carbocycles. The lowest BCUT2D eigenvalue weighted by Crippen LogP contribution is -2.37. The minimum Gasteiger partial charge on any atom is -0.387 e. The Bertz CT molecular complexity index is 842. The number of carbonyl (C=O) groups is 2. The summed E-state index contributed by atoms with van der Waals surface area (Å²) in [5.74, 6) is -1.54. The first-order valence-corrected chi connectivity index (χ1v) is 9.86. The summed E-state index contributed by atoms with van der Waals surface area (Å²) >= 11 is 0. The van der Waals surface area contributed by atoms with Crippen molar-refractivity contribution in [3.05, 3.63) is 65.2 Å². The lowest BCUT2D eigenvalue weighted by Gasteiger charge is -2.20. The number of nitrogens with one attached hydrogen (secondary N) is 2. The minimum atomic E-state index is -0.883. The molecule has 5 heteroatoms. The Morgan fingerprint density at radius 2 is 1.24 bits per heavy atom. The monoisotopic (exact) mass is 396 g/mol. The molecular formula is C24H32N2O3. The van der Waals surface area contributed by atoms with Gasteiger partial charge in [-0.25, -0.2) is 0 Å². The summed E-state index contributed by atoms with van der Waals surface area (Å²) in [4.78, 5) is 24.2. The highest BCUT2D eigenvalue weighted by atomic mass is 16.3. The molecule has 0 bridgehead atoms. The van der Waals surface area contributed by atoms with E-state index in [1.165, 1.54) is 0 Å². The molecule has 0 aliphatic carbocycles. The predicted molar refractivity (Wildman–Crippen MR) is 117 cm³/mol. The van der Waals surface area contributed by atoms with Crippen LogP contribution < -0.4 is 10.6 Å². The van der Waals surface area contributed by atoms with Gasteiger partial charge in [0.15, 0.2) is 0 Å². The molecule has 1 atom stereocenters. The molecule has 2 rings (SSSR count). The van der Waals surface area contributed by atoms with Crippen LogP contribution in [-0.2, 0) is 20.4 Å². The smallest absolute Gasteiger partial charge is 0.313 e. The van der Waals surface area contributed by atoms with Gasteiger partial charge in [0.2, 0.25) is 0 Å². The van der Waals surface area contributed by atoms with Gasteiger partial charge in [0, 0.05) is 12.2 Å². The lowest BCUT2D eigenvalue weighted by molar-refractivity contribution is -0.136. The highest BCUT2D eigenvalue weighted by Gasteiger charge is 2.18. The number of amides is 2. The standard InChI is InChI=1S/C24H32N2O3/c1-23(2,3)17-9-7-16(8-10-17)20(27)15-25-21(28)22(29)26-19-13-11-18(12-14-19)24(4,5)6/h7-14,20,27H,15H2,1-6H3,(H,25,28)(H,26,29). The SMILES string of the molecule is CC(C)(C)c1ccc(NC(=O)C(=O)NCC(O)c2ccc(C(C)(C)C)cc2)cc1. The van der Waals surface area contributed by atoms with Crippen LogP contribution in [0.1, 0.15) is 64.3 Å². The molecule has 0 saturated heterocycles. The van der Waals surface area contributed by atoms with Crippen molar-refractivity contribution in [1.82, 2.24) is 5.32 Å². The highest BCUT2D eigenvalue weighted by molar-refractivity contribution is 6.39. The van der Waals surface area contributed by atoms with E-state index in [0.717, 1.165) is 11.1 Å². The zero-order valence-corrected chi connectivity index (χ0v) is 18.2. The van der Waals surface area contributed by atoms with E-state index in [4.69, 9.17) is 0 Å². The lowest BCUT2D eigenvalue weighted by atomic mass is 9.86. The van der Waals surface area contributed by atoms with Crippen LogP contribution in [0.5, 0.6) is 0 Å². The van der Waals surface area contributed by atoms with Crippen molar-refractivity contribution in [2.75, 3.05) is 11.9 Å². The molecule has 3 N–H and O–H groups in total. The van der Waals surface area contributed by atoms with Crippen molar-refractivity contribution in [3.63, 3.8) is 0 Å². The Kier molecular flexibility index (Phi) is 6.85. The number of aliphatic hydroxyl groups is 1. The molecule has 0 aromatic heterocycles. The second-order valence-corrected chi connectivity index (χ2v) is 9.38. The molecule has 1 unspecified atom stereocenters. The highest BCUT2D eigenvalue weighted by Crippen LogP contribution is 2.24. The summed E-state index contributed by atoms with van der Waals surface area (Å²) in [6.07, 6.45) is -0.883. The Morgan fingerprint density at radius 1 is 0.793 bits per heavy atom. The van der Waals surface area contributed by atoms with E-state index in [2.05, 4.69) is 52.2 Å². The van der Waals surface area contributed by atoms with Crippen LogP contribution in [0.25, 0.3) is 0 Å². The van der Waals surface area contributed by atoms with Crippen molar-refractivity contribution in [2.45, 2.75) is 58.5 Å². The van der Waals surface area contributed by atoms with Gasteiger partial charge >= 0.3 is 11.8 Å². The maximum absolute atomic E-state index is 12.1. The largest absolute Gasteiger partial charge is 0.387 e. The Labute approximate surface area is 173 Å². The molecule has 2 amide bonds. The molecule has 0 heterocycles. The van der Waals surface area contributed by atoms with E-state index in [1.54, 1.807) is 12.1 Å². The molecule has 0 radical (unpaired) electrons. The summed E-state index contributed by atoms with van der Waals surface area (Å²) in [6.45, 7) is 12.6. The van der Waals surface area contributed by atoms with Gasteiger partial charge in [0.25, 0.3) is 0 Å². The van der Waals surface area contributed by atoms with Crippen molar-refractivity contribution >= 4 is 17.5 Å². The van der Waals surface area contributed by atoms with Gasteiger partial charge in [-0.2, -0.15) is 0 Å². The first-order valence-electron chi connectivity index (χ1n) is 9.86. The fourth-order valence-corrected chi connectivity index (χ4v) is 2.83. The molecule has 5 nitrogen and oxygen atoms in total. The van der Waals surface area contributed by atoms with Gasteiger partial charge in [-0.1, -0.05) is 77.9 Å². The number of benzene rings is 2. The van der Waals surface area contributed by atoms with E-state index in [1.807, 2.05) is 36.4 Å². The Morgan fingerprint density at radius 3 is 1.69 bits per heavy atom. The van der Waals surface area contributed by atoms with Crippen LogP contribution in [0.2, 0.25) is 0 Å². The fourth-order valence-electron chi connectivity index (χ4n) is 2.83. The molecular weight excluding hydrogens is 364 g/mol. The molecule has 156 valence electrons. The van der Waals surface area contributed by atoms with E-state index in [-0.39, 0.29) is 17.4 Å². The van der Waals surface area contributed by atoms with Gasteiger partial charge in [-0.15, -0.1) is 0 Å². The number of aliphatic hydroxyl groups excluding tert-OH is 1. The summed E-state index contributed by atoms with van der Waals surface area (Å²) in [6, 6.07) is 15.0. The average molecular weight is 397 g/mol. The quantitative estimate of drug-likeness (QED) is 0.682. The summed E-state index contributed by atoms with van der Waals surface area (Å²) < 4.78 is 0. The van der Waals surface area contributed by atoms with Crippen molar-refractivity contribution in [1.29, 1.82) is 0 Å². The summed E-state index contributed by atoms with van der Waals surface area (Å²) in [7, 11) is 0. The van der Waals surface area contributed by atoms with Gasteiger partial charge in [0.1, 0.15) is 0 Å². The van der Waals surface area contributed by atoms with E-state index < -0.39 is 17.9 Å². The molecule has 0 aliphatic rings. The molecule has 2 aromatic carbocycles. The summed E-state index contributed by atoms with van der Waals surface area (Å²) in [5, 5.41) is 15.4. The van der Waals surface area contributed by atoms with E-state index >= 15 is 0 Å². The zero-order chi connectivity index (χ0) is 21.8. The normalized spacial score (nSPS) is 12.9. The molecule has 0 spiro atoms. The first kappa shape index (κ1) is 22.6. The maximum atomic E-state index is 12.1. The Hall–Kier alpha value is -2.66. The summed E-state index contributed by atoms with van der Waals surface area (Å²) in [5.41, 5.74) is 3.59. The van der Waals surface area contributed by atoms with Crippen LogP contribution in [0.3, 0.4) is 0 Å². The number of carbonyl (C=O) groups excluding carboxylic acids is 2. The van der Waals surface area contributed by atoms with Crippen LogP contribution in [0, 0.1) is 0 Å². The van der Waals surface area contributed by atoms with Gasteiger partial charge in [0.05, 0.1) is 6.10 Å². The average Bonchev–Trinajstić information content (AvgIpc) is 2.65. The van der Waals surface area contributed by atoms with E-state index in [0.29, 0.717) is 11.3 Å². The van der Waals surface area contributed by atoms with Crippen molar-refractivity contribution in [2.24, 2.45) is 0 Å². The Balaban J connectivity index is 1.88.